The number of hydrogen-bond donors (Lipinski definition) is 0. The molecule has 1 aliphatic rings. The first-order chi connectivity index (χ1) is 11.5. The molecule has 1 atom stereocenters. The first kappa shape index (κ1) is 16.0. The van der Waals surface area contributed by atoms with Crippen LogP contribution in [0.4, 0.5) is 0 Å². The largest absolute Gasteiger partial charge is 0.461 e. The predicted molar refractivity (Wildman–Crippen MR) is 90.1 cm³/mol. The van der Waals surface area contributed by atoms with E-state index in [1.165, 1.54) is 6.92 Å². The van der Waals surface area contributed by atoms with Crippen LogP contribution >= 0.6 is 0 Å². The van der Waals surface area contributed by atoms with E-state index in [2.05, 4.69) is 6.58 Å². The summed E-state index contributed by atoms with van der Waals surface area (Å²) >= 11 is 0. The SMILES string of the molecule is C=C(C)C(=O)OC1c2ccccc2-c2c(COC(C)=O)cccc21. The Bertz CT molecular complexity index is 835. The van der Waals surface area contributed by atoms with Crippen LogP contribution in [-0.4, -0.2) is 11.9 Å². The maximum atomic E-state index is 12.0. The fraction of sp³-hybridized carbons (Fsp3) is 0.200. The molecule has 0 fully saturated rings. The number of fused-ring (bicyclic) bond motifs is 3. The molecule has 0 heterocycles. The summed E-state index contributed by atoms with van der Waals surface area (Å²) in [6, 6.07) is 13.5. The van der Waals surface area contributed by atoms with Crippen LogP contribution in [0.1, 0.15) is 36.6 Å². The number of ether oxygens (including phenoxy) is 2. The Morgan fingerprint density at radius 3 is 2.46 bits per heavy atom. The van der Waals surface area contributed by atoms with Crippen molar-refractivity contribution in [1.29, 1.82) is 0 Å². The fourth-order valence-electron chi connectivity index (χ4n) is 2.92. The topological polar surface area (TPSA) is 52.6 Å². The monoisotopic (exact) mass is 322 g/mol. The molecule has 0 saturated heterocycles. The maximum absolute atomic E-state index is 12.0. The van der Waals surface area contributed by atoms with Gasteiger partial charge in [-0.2, -0.15) is 0 Å². The van der Waals surface area contributed by atoms with E-state index in [1.54, 1.807) is 6.92 Å². The molecule has 4 heteroatoms. The van der Waals surface area contributed by atoms with Crippen molar-refractivity contribution in [2.75, 3.05) is 0 Å². The number of hydrogen-bond acceptors (Lipinski definition) is 4. The van der Waals surface area contributed by atoms with Crippen molar-refractivity contribution in [3.63, 3.8) is 0 Å². The molecular formula is C20H18O4. The first-order valence-electron chi connectivity index (χ1n) is 7.70. The van der Waals surface area contributed by atoms with Gasteiger partial charge in [0.25, 0.3) is 0 Å². The predicted octanol–water partition coefficient (Wildman–Crippen LogP) is 3.94. The molecule has 0 aromatic heterocycles. The van der Waals surface area contributed by atoms with Gasteiger partial charge in [0.1, 0.15) is 6.61 Å². The summed E-state index contributed by atoms with van der Waals surface area (Å²) < 4.78 is 10.8. The summed E-state index contributed by atoms with van der Waals surface area (Å²) in [5.74, 6) is -0.753. The Balaban J connectivity index is 2.07. The van der Waals surface area contributed by atoms with Crippen LogP contribution in [0.15, 0.2) is 54.6 Å². The third kappa shape index (κ3) is 2.83. The van der Waals surface area contributed by atoms with Crippen LogP contribution in [0.3, 0.4) is 0 Å². The second-order valence-corrected chi connectivity index (χ2v) is 5.81. The molecular weight excluding hydrogens is 304 g/mol. The average Bonchev–Trinajstić information content (AvgIpc) is 2.88. The first-order valence-corrected chi connectivity index (χ1v) is 7.70. The van der Waals surface area contributed by atoms with Crippen molar-refractivity contribution in [3.8, 4) is 11.1 Å². The third-order valence-electron chi connectivity index (χ3n) is 3.98. The molecule has 1 unspecified atom stereocenters. The highest BCUT2D eigenvalue weighted by Crippen LogP contribution is 2.47. The summed E-state index contributed by atoms with van der Waals surface area (Å²) in [5.41, 5.74) is 5.04. The van der Waals surface area contributed by atoms with Crippen LogP contribution < -0.4 is 0 Å². The van der Waals surface area contributed by atoms with Crippen molar-refractivity contribution >= 4 is 11.9 Å². The normalized spacial score (nSPS) is 14.5. The molecule has 2 aromatic carbocycles. The van der Waals surface area contributed by atoms with Gasteiger partial charge in [-0.25, -0.2) is 4.79 Å². The zero-order valence-corrected chi connectivity index (χ0v) is 13.7. The Labute approximate surface area is 140 Å². The van der Waals surface area contributed by atoms with Gasteiger partial charge in [-0.1, -0.05) is 49.0 Å². The van der Waals surface area contributed by atoms with E-state index in [-0.39, 0.29) is 12.6 Å². The second-order valence-electron chi connectivity index (χ2n) is 5.81. The highest BCUT2D eigenvalue weighted by molar-refractivity contribution is 5.89. The Kier molecular flexibility index (Phi) is 4.21. The fourth-order valence-corrected chi connectivity index (χ4v) is 2.92. The van der Waals surface area contributed by atoms with Crippen molar-refractivity contribution in [2.45, 2.75) is 26.6 Å². The number of rotatable bonds is 4. The van der Waals surface area contributed by atoms with Gasteiger partial charge in [-0.15, -0.1) is 0 Å². The lowest BCUT2D eigenvalue weighted by Gasteiger charge is -2.15. The minimum atomic E-state index is -0.474. The lowest BCUT2D eigenvalue weighted by Crippen LogP contribution is -2.11. The zero-order valence-electron chi connectivity index (χ0n) is 13.7. The van der Waals surface area contributed by atoms with E-state index in [0.29, 0.717) is 5.57 Å². The third-order valence-corrected chi connectivity index (χ3v) is 3.98. The van der Waals surface area contributed by atoms with Gasteiger partial charge < -0.3 is 9.47 Å². The molecule has 0 N–H and O–H groups in total. The quantitative estimate of drug-likeness (QED) is 0.632. The molecule has 1 aliphatic carbocycles. The Hall–Kier alpha value is -2.88. The minimum Gasteiger partial charge on any atom is -0.461 e. The average molecular weight is 322 g/mol. The van der Waals surface area contributed by atoms with E-state index in [4.69, 9.17) is 9.47 Å². The number of esters is 2. The van der Waals surface area contributed by atoms with Crippen LogP contribution in [0.2, 0.25) is 0 Å². The van der Waals surface area contributed by atoms with Crippen molar-refractivity contribution < 1.29 is 19.1 Å². The van der Waals surface area contributed by atoms with Crippen molar-refractivity contribution in [3.05, 3.63) is 71.3 Å². The van der Waals surface area contributed by atoms with Crippen LogP contribution in [0, 0.1) is 0 Å². The van der Waals surface area contributed by atoms with Crippen molar-refractivity contribution in [1.82, 2.24) is 0 Å². The zero-order chi connectivity index (χ0) is 17.3. The smallest absolute Gasteiger partial charge is 0.334 e. The van der Waals surface area contributed by atoms with Gasteiger partial charge in [0.05, 0.1) is 0 Å². The molecule has 0 radical (unpaired) electrons. The summed E-state index contributed by atoms with van der Waals surface area (Å²) in [6.45, 7) is 6.84. The molecule has 122 valence electrons. The lowest BCUT2D eigenvalue weighted by atomic mass is 10.00. The van der Waals surface area contributed by atoms with Gasteiger partial charge in [-0.05, 0) is 23.6 Å². The van der Waals surface area contributed by atoms with E-state index < -0.39 is 12.1 Å². The van der Waals surface area contributed by atoms with Crippen molar-refractivity contribution in [2.24, 2.45) is 0 Å². The molecule has 3 rings (SSSR count). The molecule has 0 bridgehead atoms. The Morgan fingerprint density at radius 2 is 1.75 bits per heavy atom. The highest BCUT2D eigenvalue weighted by Gasteiger charge is 2.33. The second kappa shape index (κ2) is 6.32. The van der Waals surface area contributed by atoms with Gasteiger partial charge >= 0.3 is 11.9 Å². The Morgan fingerprint density at radius 1 is 1.04 bits per heavy atom. The standard InChI is InChI=1S/C20H18O4/c1-12(2)20(22)24-19-16-9-5-4-8-15(16)18-14(11-23-13(3)21)7-6-10-17(18)19/h4-10,19H,1,11H2,2-3H3. The summed E-state index contributed by atoms with van der Waals surface area (Å²) in [6.07, 6.45) is -0.474. The lowest BCUT2D eigenvalue weighted by molar-refractivity contribution is -0.143. The van der Waals surface area contributed by atoms with E-state index >= 15 is 0 Å². The van der Waals surface area contributed by atoms with E-state index in [1.807, 2.05) is 42.5 Å². The molecule has 4 nitrogen and oxygen atoms in total. The molecule has 0 saturated carbocycles. The van der Waals surface area contributed by atoms with Gasteiger partial charge in [-0.3, -0.25) is 4.79 Å². The maximum Gasteiger partial charge on any atom is 0.334 e. The van der Waals surface area contributed by atoms with Gasteiger partial charge in [0.2, 0.25) is 0 Å². The summed E-state index contributed by atoms with van der Waals surface area (Å²) in [5, 5.41) is 0. The summed E-state index contributed by atoms with van der Waals surface area (Å²) in [4.78, 5) is 23.2. The van der Waals surface area contributed by atoms with E-state index in [9.17, 15) is 9.59 Å². The molecule has 24 heavy (non-hydrogen) atoms. The number of benzene rings is 2. The summed E-state index contributed by atoms with van der Waals surface area (Å²) in [7, 11) is 0. The number of carbonyl (C=O) groups excluding carboxylic acids is 2. The van der Waals surface area contributed by atoms with Crippen LogP contribution in [0.5, 0.6) is 0 Å². The molecule has 0 aliphatic heterocycles. The molecule has 0 amide bonds. The minimum absolute atomic E-state index is 0.188. The van der Waals surface area contributed by atoms with Crippen LogP contribution in [0.25, 0.3) is 11.1 Å². The van der Waals surface area contributed by atoms with Crippen LogP contribution in [-0.2, 0) is 25.7 Å². The molecule has 0 spiro atoms. The highest BCUT2D eigenvalue weighted by atomic mass is 16.5. The van der Waals surface area contributed by atoms with Gasteiger partial charge in [0, 0.05) is 23.6 Å². The molecule has 2 aromatic rings. The number of carbonyl (C=O) groups is 2. The van der Waals surface area contributed by atoms with Gasteiger partial charge in [0.15, 0.2) is 6.10 Å². The van der Waals surface area contributed by atoms with E-state index in [0.717, 1.165) is 27.8 Å².